The van der Waals surface area contributed by atoms with Crippen LogP contribution < -0.4 is 14.5 Å². The first-order valence-corrected chi connectivity index (χ1v) is 13.7. The molecule has 0 bridgehead atoms. The molecule has 0 atom stereocenters. The second-order valence-electron chi connectivity index (χ2n) is 10.9. The van der Waals surface area contributed by atoms with E-state index in [9.17, 15) is 0 Å². The second-order valence-corrected chi connectivity index (χ2v) is 10.9. The Morgan fingerprint density at radius 3 is 1.49 bits per heavy atom. The molecule has 7 rings (SSSR count). The van der Waals surface area contributed by atoms with E-state index in [2.05, 4.69) is 58.3 Å². The van der Waals surface area contributed by atoms with Crippen molar-refractivity contribution in [2.75, 3.05) is 43.1 Å². The third-order valence-electron chi connectivity index (χ3n) is 8.83. The van der Waals surface area contributed by atoms with Gasteiger partial charge in [-0.2, -0.15) is 0 Å². The molecular formula is C32H36N2O. The molecule has 0 saturated carbocycles. The summed E-state index contributed by atoms with van der Waals surface area (Å²) in [5.41, 5.74) is 13.6. The second kappa shape index (κ2) is 8.62. The lowest BCUT2D eigenvalue weighted by Crippen LogP contribution is -2.35. The van der Waals surface area contributed by atoms with Crippen molar-refractivity contribution >= 4 is 11.4 Å². The zero-order chi connectivity index (χ0) is 23.4. The molecule has 0 aromatic heterocycles. The average molecular weight is 465 g/mol. The Bertz CT molecular complexity index is 1140. The molecule has 0 saturated heterocycles. The van der Waals surface area contributed by atoms with Crippen LogP contribution in [0.4, 0.5) is 11.4 Å². The lowest BCUT2D eigenvalue weighted by molar-refractivity contribution is 0.409. The summed E-state index contributed by atoms with van der Waals surface area (Å²) < 4.78 is 5.95. The fraction of sp³-hybridized carbons (Fsp3) is 0.438. The van der Waals surface area contributed by atoms with Gasteiger partial charge in [0.1, 0.15) is 5.75 Å². The maximum absolute atomic E-state index is 5.95. The maximum atomic E-state index is 5.95. The minimum atomic E-state index is 0.198. The Morgan fingerprint density at radius 1 is 0.629 bits per heavy atom. The summed E-state index contributed by atoms with van der Waals surface area (Å²) in [6, 6.07) is 18.9. The van der Waals surface area contributed by atoms with Gasteiger partial charge in [-0.25, -0.2) is 0 Å². The molecule has 4 heterocycles. The number of para-hydroxylation sites is 1. The van der Waals surface area contributed by atoms with Crippen LogP contribution in [0.15, 0.2) is 48.5 Å². The lowest BCUT2D eigenvalue weighted by atomic mass is 9.78. The van der Waals surface area contributed by atoms with E-state index < -0.39 is 0 Å². The molecule has 35 heavy (non-hydrogen) atoms. The number of anilines is 2. The molecule has 4 aliphatic heterocycles. The Labute approximate surface area is 209 Å². The van der Waals surface area contributed by atoms with Crippen LogP contribution in [0.1, 0.15) is 70.5 Å². The molecule has 4 aliphatic rings. The highest BCUT2D eigenvalue weighted by Gasteiger charge is 2.30. The molecule has 3 heteroatoms. The van der Waals surface area contributed by atoms with E-state index in [1.54, 1.807) is 33.6 Å². The molecule has 0 radical (unpaired) electrons. The zero-order valence-electron chi connectivity index (χ0n) is 21.0. The molecule has 0 N–H and O–H groups in total. The Balaban J connectivity index is 1.44. The van der Waals surface area contributed by atoms with E-state index in [-0.39, 0.29) is 5.92 Å². The predicted molar refractivity (Wildman–Crippen MR) is 145 cm³/mol. The Hall–Kier alpha value is -2.94. The minimum absolute atomic E-state index is 0.198. The van der Waals surface area contributed by atoms with Crippen LogP contribution in [-0.4, -0.2) is 33.3 Å². The minimum Gasteiger partial charge on any atom is -0.496 e. The number of nitrogens with zero attached hydrogens (tertiary/aromatic N) is 2. The van der Waals surface area contributed by atoms with Crippen LogP contribution in [-0.2, 0) is 25.7 Å². The number of benzene rings is 3. The monoisotopic (exact) mass is 464 g/mol. The highest BCUT2D eigenvalue weighted by molar-refractivity contribution is 5.68. The van der Waals surface area contributed by atoms with Crippen molar-refractivity contribution < 1.29 is 4.74 Å². The van der Waals surface area contributed by atoms with E-state index in [0.717, 1.165) is 5.75 Å². The highest BCUT2D eigenvalue weighted by atomic mass is 16.5. The van der Waals surface area contributed by atoms with Crippen molar-refractivity contribution in [1.29, 1.82) is 0 Å². The third kappa shape index (κ3) is 3.54. The Kier molecular flexibility index (Phi) is 5.26. The first-order valence-electron chi connectivity index (χ1n) is 13.7. The van der Waals surface area contributed by atoms with Gasteiger partial charge in [0.05, 0.1) is 7.11 Å². The summed E-state index contributed by atoms with van der Waals surface area (Å²) in [5, 5.41) is 0. The van der Waals surface area contributed by atoms with Crippen molar-refractivity contribution in [2.45, 2.75) is 57.3 Å². The summed E-state index contributed by atoms with van der Waals surface area (Å²) in [4.78, 5) is 5.30. The van der Waals surface area contributed by atoms with Crippen molar-refractivity contribution in [3.05, 3.63) is 87.5 Å². The quantitative estimate of drug-likeness (QED) is 0.423. The smallest absolute Gasteiger partial charge is 0.123 e. The van der Waals surface area contributed by atoms with Crippen LogP contribution in [0.5, 0.6) is 5.75 Å². The van der Waals surface area contributed by atoms with E-state index in [0.29, 0.717) is 0 Å². The van der Waals surface area contributed by atoms with Gasteiger partial charge >= 0.3 is 0 Å². The van der Waals surface area contributed by atoms with Crippen molar-refractivity contribution in [3.63, 3.8) is 0 Å². The molecule has 3 aromatic rings. The van der Waals surface area contributed by atoms with E-state index >= 15 is 0 Å². The fourth-order valence-electron chi connectivity index (χ4n) is 7.45. The van der Waals surface area contributed by atoms with E-state index in [1.165, 1.54) is 94.2 Å². The number of methoxy groups -OCH3 is 1. The van der Waals surface area contributed by atoms with Gasteiger partial charge in [-0.3, -0.25) is 0 Å². The molecule has 0 fully saturated rings. The first kappa shape index (κ1) is 21.4. The van der Waals surface area contributed by atoms with Crippen LogP contribution >= 0.6 is 0 Å². The van der Waals surface area contributed by atoms with Crippen LogP contribution in [0, 0.1) is 0 Å². The molecule has 0 amide bonds. The van der Waals surface area contributed by atoms with Gasteiger partial charge in [0.15, 0.2) is 0 Å². The Morgan fingerprint density at radius 2 is 1.06 bits per heavy atom. The van der Waals surface area contributed by atoms with Crippen LogP contribution in [0.25, 0.3) is 0 Å². The number of aryl methyl sites for hydroxylation is 4. The predicted octanol–water partition coefficient (Wildman–Crippen LogP) is 6.27. The first-order chi connectivity index (χ1) is 17.3. The molecule has 0 unspecified atom stereocenters. The molecule has 0 spiro atoms. The lowest BCUT2D eigenvalue weighted by Gasteiger charge is -2.39. The maximum Gasteiger partial charge on any atom is 0.123 e. The SMILES string of the molecule is COc1ccccc1C(c1cc2c3c(c1)CCCN3CCC2)c1cc2c3c(c1)CCCN3CCC2. The van der Waals surface area contributed by atoms with E-state index in [4.69, 9.17) is 4.74 Å². The number of hydrogen-bond donors (Lipinski definition) is 0. The topological polar surface area (TPSA) is 15.7 Å². The number of ether oxygens (including phenoxy) is 1. The van der Waals surface area contributed by atoms with Crippen molar-refractivity contribution in [3.8, 4) is 5.75 Å². The van der Waals surface area contributed by atoms with Crippen molar-refractivity contribution in [2.24, 2.45) is 0 Å². The van der Waals surface area contributed by atoms with Gasteiger partial charge in [0.2, 0.25) is 0 Å². The number of hydrogen-bond acceptors (Lipinski definition) is 3. The largest absolute Gasteiger partial charge is 0.496 e. The summed E-state index contributed by atoms with van der Waals surface area (Å²) >= 11 is 0. The summed E-state index contributed by atoms with van der Waals surface area (Å²) in [6.45, 7) is 4.89. The average Bonchev–Trinajstić information content (AvgIpc) is 2.90. The van der Waals surface area contributed by atoms with E-state index in [1.807, 2.05) is 7.11 Å². The summed E-state index contributed by atoms with van der Waals surface area (Å²) in [6.07, 6.45) is 9.90. The van der Waals surface area contributed by atoms with Crippen LogP contribution in [0.3, 0.4) is 0 Å². The highest BCUT2D eigenvalue weighted by Crippen LogP contribution is 2.45. The van der Waals surface area contributed by atoms with Gasteiger partial charge in [-0.15, -0.1) is 0 Å². The van der Waals surface area contributed by atoms with Crippen LogP contribution in [0.2, 0.25) is 0 Å². The van der Waals surface area contributed by atoms with Gasteiger partial charge in [0, 0.05) is 49.0 Å². The zero-order valence-corrected chi connectivity index (χ0v) is 21.0. The van der Waals surface area contributed by atoms with Crippen molar-refractivity contribution in [1.82, 2.24) is 0 Å². The summed E-state index contributed by atoms with van der Waals surface area (Å²) in [5.74, 6) is 1.20. The van der Waals surface area contributed by atoms with Gasteiger partial charge in [0.25, 0.3) is 0 Å². The molecule has 180 valence electrons. The summed E-state index contributed by atoms with van der Waals surface area (Å²) in [7, 11) is 1.82. The normalized spacial score (nSPS) is 18.3. The molecular weight excluding hydrogens is 428 g/mol. The van der Waals surface area contributed by atoms with Gasteiger partial charge < -0.3 is 14.5 Å². The fourth-order valence-corrected chi connectivity index (χ4v) is 7.45. The standard InChI is InChI=1S/C32H36N2O/c1-35-29-13-3-2-12-28(29)30(26-18-22-8-4-14-33-15-5-9-23(19-26)31(22)33)27-20-24-10-6-16-34-17-7-11-25(21-27)32(24)34/h2-3,12-13,18-21,30H,4-11,14-17H2,1H3. The number of rotatable bonds is 4. The molecule has 0 aliphatic carbocycles. The molecule has 3 aromatic carbocycles. The third-order valence-corrected chi connectivity index (χ3v) is 8.83. The molecule has 3 nitrogen and oxygen atoms in total. The van der Waals surface area contributed by atoms with Gasteiger partial charge in [-0.1, -0.05) is 42.5 Å². The van der Waals surface area contributed by atoms with Gasteiger partial charge in [-0.05, 0) is 90.8 Å².